The van der Waals surface area contributed by atoms with Crippen molar-refractivity contribution in [3.05, 3.63) is 59.9 Å². The minimum Gasteiger partial charge on any atom is -0.356 e. The van der Waals surface area contributed by atoms with E-state index in [0.717, 1.165) is 29.9 Å². The number of anilines is 2. The predicted molar refractivity (Wildman–Crippen MR) is 102 cm³/mol. The molecule has 1 atom stereocenters. The third kappa shape index (κ3) is 4.33. The Balaban J connectivity index is 1.57. The standard InChI is InChI=1S/C19H20FN3OS/c1-13(14-4-6-15(20)7-5-14)21-19(25)22-16-8-10-17(11-9-16)23-12-2-3-18(23)24/h4-11,13H,2-3,12H2,1H3,(H2,21,22,25)/t13-/m1/s1. The monoisotopic (exact) mass is 357 g/mol. The molecule has 1 amide bonds. The van der Waals surface area contributed by atoms with Crippen LogP contribution in [-0.2, 0) is 4.79 Å². The lowest BCUT2D eigenvalue weighted by Crippen LogP contribution is -2.31. The van der Waals surface area contributed by atoms with Crippen molar-refractivity contribution in [3.8, 4) is 0 Å². The van der Waals surface area contributed by atoms with Gasteiger partial charge in [-0.25, -0.2) is 4.39 Å². The molecule has 0 radical (unpaired) electrons. The zero-order valence-corrected chi connectivity index (χ0v) is 14.8. The number of thiocarbonyl (C=S) groups is 1. The van der Waals surface area contributed by atoms with Gasteiger partial charge in [0.1, 0.15) is 5.82 Å². The summed E-state index contributed by atoms with van der Waals surface area (Å²) in [5, 5.41) is 6.79. The normalized spacial score (nSPS) is 15.1. The molecular weight excluding hydrogens is 337 g/mol. The smallest absolute Gasteiger partial charge is 0.227 e. The van der Waals surface area contributed by atoms with E-state index >= 15 is 0 Å². The Morgan fingerprint density at radius 3 is 2.44 bits per heavy atom. The van der Waals surface area contributed by atoms with Crippen LogP contribution in [0, 0.1) is 5.82 Å². The zero-order valence-electron chi connectivity index (χ0n) is 14.0. The van der Waals surface area contributed by atoms with Gasteiger partial charge >= 0.3 is 0 Å². The van der Waals surface area contributed by atoms with Crippen molar-refractivity contribution in [1.29, 1.82) is 0 Å². The van der Waals surface area contributed by atoms with Crippen LogP contribution in [-0.4, -0.2) is 17.6 Å². The van der Waals surface area contributed by atoms with Crippen molar-refractivity contribution in [1.82, 2.24) is 5.32 Å². The fourth-order valence-electron chi connectivity index (χ4n) is 2.84. The lowest BCUT2D eigenvalue weighted by atomic mass is 10.1. The summed E-state index contributed by atoms with van der Waals surface area (Å²) in [6.45, 7) is 2.74. The van der Waals surface area contributed by atoms with Crippen molar-refractivity contribution >= 4 is 34.6 Å². The van der Waals surface area contributed by atoms with Crippen LogP contribution in [0.25, 0.3) is 0 Å². The summed E-state index contributed by atoms with van der Waals surface area (Å²) in [6.07, 6.45) is 1.53. The van der Waals surface area contributed by atoms with E-state index in [1.54, 1.807) is 17.0 Å². The number of amides is 1. The van der Waals surface area contributed by atoms with Crippen molar-refractivity contribution in [2.75, 3.05) is 16.8 Å². The molecule has 0 aliphatic carbocycles. The largest absolute Gasteiger partial charge is 0.356 e. The lowest BCUT2D eigenvalue weighted by Gasteiger charge is -2.19. The SMILES string of the molecule is C[C@@H](NC(=S)Nc1ccc(N2CCCC2=O)cc1)c1ccc(F)cc1. The molecule has 1 saturated heterocycles. The fraction of sp³-hybridized carbons (Fsp3) is 0.263. The fourth-order valence-corrected chi connectivity index (χ4v) is 3.14. The van der Waals surface area contributed by atoms with Gasteiger partial charge in [0.2, 0.25) is 5.91 Å². The van der Waals surface area contributed by atoms with Gasteiger partial charge in [-0.05, 0) is 67.5 Å². The molecule has 2 N–H and O–H groups in total. The highest BCUT2D eigenvalue weighted by atomic mass is 32.1. The van der Waals surface area contributed by atoms with E-state index in [9.17, 15) is 9.18 Å². The van der Waals surface area contributed by atoms with Crippen LogP contribution in [0.3, 0.4) is 0 Å². The first kappa shape index (κ1) is 17.4. The molecule has 0 spiro atoms. The number of benzene rings is 2. The molecule has 1 fully saturated rings. The first-order valence-corrected chi connectivity index (χ1v) is 8.67. The number of carbonyl (C=O) groups is 1. The molecule has 0 aromatic heterocycles. The Morgan fingerprint density at radius 2 is 1.84 bits per heavy atom. The maximum Gasteiger partial charge on any atom is 0.227 e. The van der Waals surface area contributed by atoms with E-state index in [2.05, 4.69) is 10.6 Å². The summed E-state index contributed by atoms with van der Waals surface area (Å²) >= 11 is 5.34. The highest BCUT2D eigenvalue weighted by Crippen LogP contribution is 2.23. The summed E-state index contributed by atoms with van der Waals surface area (Å²) < 4.78 is 13.0. The van der Waals surface area contributed by atoms with Crippen LogP contribution in [0.15, 0.2) is 48.5 Å². The zero-order chi connectivity index (χ0) is 17.8. The molecule has 2 aromatic carbocycles. The van der Waals surface area contributed by atoms with Gasteiger partial charge in [-0.15, -0.1) is 0 Å². The van der Waals surface area contributed by atoms with Crippen LogP contribution in [0.5, 0.6) is 0 Å². The molecule has 0 saturated carbocycles. The summed E-state index contributed by atoms with van der Waals surface area (Å²) in [5.41, 5.74) is 2.71. The molecular formula is C19H20FN3OS. The Morgan fingerprint density at radius 1 is 1.16 bits per heavy atom. The first-order chi connectivity index (χ1) is 12.0. The first-order valence-electron chi connectivity index (χ1n) is 8.26. The Hall–Kier alpha value is -2.47. The maximum absolute atomic E-state index is 13.0. The highest BCUT2D eigenvalue weighted by Gasteiger charge is 2.21. The summed E-state index contributed by atoms with van der Waals surface area (Å²) in [6, 6.07) is 13.9. The summed E-state index contributed by atoms with van der Waals surface area (Å²) in [4.78, 5) is 13.6. The number of hydrogen-bond donors (Lipinski definition) is 2. The third-order valence-electron chi connectivity index (χ3n) is 4.23. The Kier molecular flexibility index (Phi) is 5.28. The Bertz CT molecular complexity index is 761. The van der Waals surface area contributed by atoms with Gasteiger partial charge in [0.25, 0.3) is 0 Å². The molecule has 0 bridgehead atoms. The lowest BCUT2D eigenvalue weighted by molar-refractivity contribution is -0.117. The minimum absolute atomic E-state index is 0.0397. The predicted octanol–water partition coefficient (Wildman–Crippen LogP) is 4.00. The molecule has 4 nitrogen and oxygen atoms in total. The van der Waals surface area contributed by atoms with Crippen LogP contribution in [0.4, 0.5) is 15.8 Å². The molecule has 1 aliphatic rings. The van der Waals surface area contributed by atoms with Crippen LogP contribution in [0.2, 0.25) is 0 Å². The average Bonchev–Trinajstić information content (AvgIpc) is 3.02. The number of nitrogens with zero attached hydrogens (tertiary/aromatic N) is 1. The van der Waals surface area contributed by atoms with Gasteiger partial charge in [-0.1, -0.05) is 12.1 Å². The maximum atomic E-state index is 13.0. The number of carbonyl (C=O) groups excluding carboxylic acids is 1. The minimum atomic E-state index is -0.256. The van der Waals surface area contributed by atoms with Gasteiger partial charge in [0, 0.05) is 24.3 Å². The molecule has 3 rings (SSSR count). The topological polar surface area (TPSA) is 44.4 Å². The van der Waals surface area contributed by atoms with Gasteiger partial charge in [0.05, 0.1) is 6.04 Å². The molecule has 1 aliphatic heterocycles. The van der Waals surface area contributed by atoms with E-state index in [4.69, 9.17) is 12.2 Å². The second-order valence-corrected chi connectivity index (χ2v) is 6.48. The number of halogens is 1. The van der Waals surface area contributed by atoms with Gasteiger partial charge in [-0.2, -0.15) is 0 Å². The third-order valence-corrected chi connectivity index (χ3v) is 4.45. The highest BCUT2D eigenvalue weighted by molar-refractivity contribution is 7.80. The molecule has 0 unspecified atom stereocenters. The van der Waals surface area contributed by atoms with Crippen LogP contribution >= 0.6 is 12.2 Å². The summed E-state index contributed by atoms with van der Waals surface area (Å²) in [7, 11) is 0. The van der Waals surface area contributed by atoms with Crippen LogP contribution in [0.1, 0.15) is 31.4 Å². The molecule has 1 heterocycles. The van der Waals surface area contributed by atoms with E-state index in [1.807, 2.05) is 31.2 Å². The summed E-state index contributed by atoms with van der Waals surface area (Å²) in [5.74, 6) is -0.0840. The molecule has 130 valence electrons. The number of hydrogen-bond acceptors (Lipinski definition) is 2. The van der Waals surface area contributed by atoms with Crippen molar-refractivity contribution in [3.63, 3.8) is 0 Å². The van der Waals surface area contributed by atoms with Crippen LogP contribution < -0.4 is 15.5 Å². The van der Waals surface area contributed by atoms with Gasteiger partial charge in [-0.3, -0.25) is 4.79 Å². The Labute approximate surface area is 152 Å². The van der Waals surface area contributed by atoms with Gasteiger partial charge < -0.3 is 15.5 Å². The van der Waals surface area contributed by atoms with E-state index in [0.29, 0.717) is 11.5 Å². The molecule has 2 aromatic rings. The number of nitrogens with one attached hydrogen (secondary N) is 2. The van der Waals surface area contributed by atoms with Crippen molar-refractivity contribution in [2.24, 2.45) is 0 Å². The van der Waals surface area contributed by atoms with E-state index < -0.39 is 0 Å². The number of rotatable bonds is 4. The second kappa shape index (κ2) is 7.61. The molecule has 6 heteroatoms. The average molecular weight is 357 g/mol. The van der Waals surface area contributed by atoms with Crippen molar-refractivity contribution in [2.45, 2.75) is 25.8 Å². The quantitative estimate of drug-likeness (QED) is 0.812. The molecule has 25 heavy (non-hydrogen) atoms. The van der Waals surface area contributed by atoms with Gasteiger partial charge in [0.15, 0.2) is 5.11 Å². The van der Waals surface area contributed by atoms with E-state index in [-0.39, 0.29) is 17.8 Å². The van der Waals surface area contributed by atoms with E-state index in [1.165, 1.54) is 12.1 Å². The second-order valence-electron chi connectivity index (χ2n) is 6.07. The van der Waals surface area contributed by atoms with Crippen molar-refractivity contribution < 1.29 is 9.18 Å².